The molecule has 1 aromatic heterocycles. The summed E-state index contributed by atoms with van der Waals surface area (Å²) in [5.74, 6) is -3.76. The predicted octanol–water partition coefficient (Wildman–Crippen LogP) is 4.10. The fourth-order valence-electron chi connectivity index (χ4n) is 6.41. The van der Waals surface area contributed by atoms with Gasteiger partial charge in [-0.15, -0.1) is 0 Å². The van der Waals surface area contributed by atoms with Gasteiger partial charge in [0.25, 0.3) is 5.69 Å². The van der Waals surface area contributed by atoms with Crippen molar-refractivity contribution in [3.05, 3.63) is 96.9 Å². The van der Waals surface area contributed by atoms with Crippen molar-refractivity contribution >= 4 is 57.4 Å². The summed E-state index contributed by atoms with van der Waals surface area (Å²) in [5, 5.41) is 54.1. The fourth-order valence-corrected chi connectivity index (χ4v) is 7.04. The summed E-state index contributed by atoms with van der Waals surface area (Å²) in [7, 11) is 1.46. The number of methoxy groups -OCH3 is 1. The number of carbonyl (C=O) groups is 2. The zero-order chi connectivity index (χ0) is 33.1. The van der Waals surface area contributed by atoms with Gasteiger partial charge >= 0.3 is 0 Å². The predicted molar refractivity (Wildman–Crippen MR) is 177 cm³/mol. The van der Waals surface area contributed by atoms with Crippen LogP contribution < -0.4 is 9.64 Å². The number of fused-ring (bicyclic) bond motifs is 1. The Kier molecular flexibility index (Phi) is 10.2. The van der Waals surface area contributed by atoms with Crippen LogP contribution in [0, 0.1) is 31.4 Å². The van der Waals surface area contributed by atoms with E-state index in [1.54, 1.807) is 24.4 Å². The lowest BCUT2D eigenvalue weighted by Crippen LogP contribution is -2.39. The standard InChI is InChI=1S/C33H32IN3O9/c1-46-28-13-18(12-25(34)31(28)41)11-19(26-7-2-3-10-35-26)8-9-27(40)29-20(16-38)14-23-30(24(29)17-39)33(43)36(32(23)42)21-5-4-6-22(15-21)37(44)45/h2-7,10-13,15,23-24,27,30,38-41H,8-9,14,16-17H2,1H3/b19-11-/t23-,24+,27-,30-/m1/s1. The van der Waals surface area contributed by atoms with Gasteiger partial charge in [-0.3, -0.25) is 24.7 Å². The largest absolute Gasteiger partial charge is 0.504 e. The number of nitro groups is 1. The number of pyridine rings is 1. The lowest BCUT2D eigenvalue weighted by atomic mass is 9.68. The molecule has 3 aromatic rings. The average Bonchev–Trinajstić information content (AvgIpc) is 3.32. The van der Waals surface area contributed by atoms with E-state index in [9.17, 15) is 40.1 Å². The third-order valence-corrected chi connectivity index (χ3v) is 9.34. The summed E-state index contributed by atoms with van der Waals surface area (Å²) >= 11 is 2.01. The number of imide groups is 1. The minimum Gasteiger partial charge on any atom is -0.504 e. The van der Waals surface area contributed by atoms with E-state index in [0.29, 0.717) is 32.6 Å². The minimum atomic E-state index is -1.18. The molecule has 46 heavy (non-hydrogen) atoms. The molecule has 1 aliphatic heterocycles. The number of halogens is 1. The Hall–Kier alpha value is -4.18. The molecule has 12 nitrogen and oxygen atoms in total. The van der Waals surface area contributed by atoms with Gasteiger partial charge in [-0.1, -0.05) is 12.1 Å². The molecule has 5 rings (SSSR count). The second kappa shape index (κ2) is 14.1. The Bertz CT molecular complexity index is 1730. The smallest absolute Gasteiger partial charge is 0.271 e. The first-order valence-electron chi connectivity index (χ1n) is 14.5. The number of allylic oxidation sites excluding steroid dienone is 1. The molecule has 2 aliphatic rings. The first-order valence-corrected chi connectivity index (χ1v) is 15.6. The van der Waals surface area contributed by atoms with Gasteiger partial charge in [0, 0.05) is 24.2 Å². The van der Waals surface area contributed by atoms with E-state index in [4.69, 9.17) is 4.74 Å². The number of rotatable bonds is 11. The van der Waals surface area contributed by atoms with Crippen LogP contribution in [0.4, 0.5) is 11.4 Å². The molecule has 2 heterocycles. The van der Waals surface area contributed by atoms with Crippen LogP contribution in [0.15, 0.2) is 71.9 Å². The van der Waals surface area contributed by atoms with Crippen molar-refractivity contribution in [2.24, 2.45) is 17.8 Å². The van der Waals surface area contributed by atoms with E-state index in [1.807, 2.05) is 40.8 Å². The van der Waals surface area contributed by atoms with Gasteiger partial charge in [0.15, 0.2) is 11.5 Å². The molecule has 0 bridgehead atoms. The zero-order valence-corrected chi connectivity index (χ0v) is 26.9. The van der Waals surface area contributed by atoms with Gasteiger partial charge in [-0.05, 0) is 101 Å². The monoisotopic (exact) mass is 741 g/mol. The Morgan fingerprint density at radius 3 is 2.61 bits per heavy atom. The molecule has 0 unspecified atom stereocenters. The second-order valence-electron chi connectivity index (χ2n) is 11.1. The van der Waals surface area contributed by atoms with Gasteiger partial charge in [0.05, 0.1) is 58.1 Å². The Balaban J connectivity index is 1.45. The van der Waals surface area contributed by atoms with Crippen LogP contribution in [0.3, 0.4) is 0 Å². The van der Waals surface area contributed by atoms with Crippen LogP contribution in [0.5, 0.6) is 11.5 Å². The second-order valence-corrected chi connectivity index (χ2v) is 12.3. The molecule has 1 aliphatic carbocycles. The van der Waals surface area contributed by atoms with Crippen molar-refractivity contribution < 1.29 is 39.7 Å². The molecule has 240 valence electrons. The number of carbonyl (C=O) groups excluding carboxylic acids is 2. The quantitative estimate of drug-likeness (QED) is 0.0734. The number of non-ortho nitro benzene ring substituents is 1. The molecule has 4 atom stereocenters. The van der Waals surface area contributed by atoms with E-state index in [1.165, 1.54) is 25.3 Å². The molecule has 0 saturated carbocycles. The number of anilines is 1. The third kappa shape index (κ3) is 6.40. The maximum atomic E-state index is 13.7. The van der Waals surface area contributed by atoms with Crippen molar-refractivity contribution in [2.75, 3.05) is 25.2 Å². The summed E-state index contributed by atoms with van der Waals surface area (Å²) < 4.78 is 5.89. The lowest BCUT2D eigenvalue weighted by molar-refractivity contribution is -0.384. The molecule has 4 N–H and O–H groups in total. The van der Waals surface area contributed by atoms with Crippen LogP contribution in [0.25, 0.3) is 11.6 Å². The highest BCUT2D eigenvalue weighted by Gasteiger charge is 2.55. The number of hydrogen-bond acceptors (Lipinski definition) is 10. The summed E-state index contributed by atoms with van der Waals surface area (Å²) in [6.45, 7) is -1.05. The van der Waals surface area contributed by atoms with Crippen LogP contribution in [0.2, 0.25) is 0 Å². The highest BCUT2D eigenvalue weighted by atomic mass is 127. The number of phenolic OH excluding ortho intramolecular Hbond substituents is 1. The van der Waals surface area contributed by atoms with Crippen molar-refractivity contribution in [3.8, 4) is 11.5 Å². The lowest BCUT2D eigenvalue weighted by Gasteiger charge is -2.36. The number of aromatic nitrogens is 1. The SMILES string of the molecule is COc1cc(/C=C(/CC[C@@H](O)C2=C(CO)C[C@H]3C(=O)N(c4cccc([N+](=O)[O-])c4)C(=O)[C@H]3[C@H]2CO)c2ccccn2)cc(I)c1O. The number of phenols is 1. The maximum absolute atomic E-state index is 13.7. The van der Waals surface area contributed by atoms with Gasteiger partial charge in [-0.2, -0.15) is 0 Å². The Morgan fingerprint density at radius 2 is 1.96 bits per heavy atom. The third-order valence-electron chi connectivity index (χ3n) is 8.52. The van der Waals surface area contributed by atoms with Crippen molar-refractivity contribution in [2.45, 2.75) is 25.4 Å². The highest BCUT2D eigenvalue weighted by Crippen LogP contribution is 2.47. The summed E-state index contributed by atoms with van der Waals surface area (Å²) in [6, 6.07) is 14.1. The topological polar surface area (TPSA) is 184 Å². The number of amides is 2. The van der Waals surface area contributed by atoms with Crippen molar-refractivity contribution in [1.29, 1.82) is 0 Å². The number of hydrogen-bond donors (Lipinski definition) is 4. The van der Waals surface area contributed by atoms with Crippen LogP contribution >= 0.6 is 22.6 Å². The van der Waals surface area contributed by atoms with Crippen molar-refractivity contribution in [1.82, 2.24) is 4.98 Å². The van der Waals surface area contributed by atoms with Crippen LogP contribution in [-0.2, 0) is 9.59 Å². The zero-order valence-electron chi connectivity index (χ0n) is 24.7. The summed E-state index contributed by atoms with van der Waals surface area (Å²) in [5.41, 5.74) is 2.59. The molecule has 2 amide bonds. The van der Waals surface area contributed by atoms with Gasteiger partial charge in [0.1, 0.15) is 0 Å². The fraction of sp³-hybridized carbons (Fsp3) is 0.303. The highest BCUT2D eigenvalue weighted by molar-refractivity contribution is 14.1. The number of aliphatic hydroxyl groups excluding tert-OH is 3. The van der Waals surface area contributed by atoms with Gasteiger partial charge in [-0.25, -0.2) is 4.90 Å². The number of aromatic hydroxyl groups is 1. The van der Waals surface area contributed by atoms with E-state index in [0.717, 1.165) is 22.1 Å². The number of aliphatic hydroxyl groups is 3. The number of ether oxygens (including phenoxy) is 1. The van der Waals surface area contributed by atoms with E-state index in [2.05, 4.69) is 4.98 Å². The van der Waals surface area contributed by atoms with Crippen molar-refractivity contribution in [3.63, 3.8) is 0 Å². The number of nitrogens with zero attached hydrogens (tertiary/aromatic N) is 3. The van der Waals surface area contributed by atoms with E-state index < -0.39 is 53.8 Å². The number of benzene rings is 2. The van der Waals surface area contributed by atoms with Crippen LogP contribution in [0.1, 0.15) is 30.5 Å². The summed E-state index contributed by atoms with van der Waals surface area (Å²) in [4.78, 5) is 43.3. The molecular formula is C33H32IN3O9. The Morgan fingerprint density at radius 1 is 1.17 bits per heavy atom. The maximum Gasteiger partial charge on any atom is 0.271 e. The first-order chi connectivity index (χ1) is 22.1. The van der Waals surface area contributed by atoms with Gasteiger partial charge in [0.2, 0.25) is 11.8 Å². The molecular weight excluding hydrogens is 709 g/mol. The molecule has 2 aromatic carbocycles. The van der Waals surface area contributed by atoms with E-state index in [-0.39, 0.29) is 30.0 Å². The average molecular weight is 742 g/mol. The normalized spacial score (nSPS) is 20.6. The first kappa shape index (κ1) is 33.2. The molecule has 0 spiro atoms. The van der Waals surface area contributed by atoms with E-state index >= 15 is 0 Å². The number of nitro benzene ring substituents is 1. The van der Waals surface area contributed by atoms with Crippen LogP contribution in [-0.4, -0.2) is 68.6 Å². The summed E-state index contributed by atoms with van der Waals surface area (Å²) in [6.07, 6.45) is 2.77. The molecule has 1 fully saturated rings. The molecule has 0 radical (unpaired) electrons. The Labute approximate surface area is 278 Å². The van der Waals surface area contributed by atoms with Gasteiger partial charge < -0.3 is 25.2 Å². The molecule has 1 saturated heterocycles. The minimum absolute atomic E-state index is 0.00522. The molecule has 13 heteroatoms.